The van der Waals surface area contributed by atoms with Crippen molar-refractivity contribution in [2.45, 2.75) is 32.1 Å². The van der Waals surface area contributed by atoms with E-state index in [1.807, 2.05) is 19.1 Å². The van der Waals surface area contributed by atoms with Crippen molar-refractivity contribution < 1.29 is 4.79 Å². The number of nitriles is 1. The molecule has 1 unspecified atom stereocenters. The fraction of sp³-hybridized carbons (Fsp3) is 0.435. The highest BCUT2D eigenvalue weighted by Crippen LogP contribution is 2.37. The molecule has 3 heterocycles. The van der Waals surface area contributed by atoms with E-state index in [1.165, 1.54) is 5.69 Å². The second-order valence-corrected chi connectivity index (χ2v) is 8.54. The molecule has 1 saturated heterocycles. The van der Waals surface area contributed by atoms with Gasteiger partial charge in [-0.2, -0.15) is 5.26 Å². The van der Waals surface area contributed by atoms with Crippen molar-refractivity contribution in [2.24, 2.45) is 0 Å². The molecule has 2 N–H and O–H groups in total. The number of hydrogen-bond donors (Lipinski definition) is 2. The van der Waals surface area contributed by atoms with Crippen molar-refractivity contribution in [1.82, 2.24) is 10.3 Å². The number of aromatic nitrogens is 1. The minimum Gasteiger partial charge on any atom is -0.369 e. The van der Waals surface area contributed by atoms with Gasteiger partial charge in [-0.1, -0.05) is 26.8 Å². The maximum atomic E-state index is 13.5. The summed E-state index contributed by atoms with van der Waals surface area (Å²) in [6.45, 7) is 10.7. The Labute approximate surface area is 171 Å². The standard InChI is InChI=1S/C23H27N5O/c1-15-18-6-4-16(13-24)27-22(18)26-14-23(2,3)20-12-17(5-7-19(20)21(15)29)28-10-8-25-9-11-28/h4-7,12,15,25H,8-11,14H2,1-3H3,(H,26,27). The van der Waals surface area contributed by atoms with Crippen LogP contribution in [0.5, 0.6) is 0 Å². The third kappa shape index (κ3) is 3.58. The predicted molar refractivity (Wildman–Crippen MR) is 115 cm³/mol. The fourth-order valence-corrected chi connectivity index (χ4v) is 4.22. The van der Waals surface area contributed by atoms with Crippen molar-refractivity contribution in [3.63, 3.8) is 0 Å². The highest BCUT2D eigenvalue weighted by Gasteiger charge is 2.32. The normalized spacial score (nSPS) is 21.0. The van der Waals surface area contributed by atoms with Gasteiger partial charge in [0.1, 0.15) is 17.6 Å². The molecule has 4 rings (SSSR count). The number of nitrogens with one attached hydrogen (secondary N) is 2. The molecule has 0 radical (unpaired) electrons. The number of ketones is 1. The van der Waals surface area contributed by atoms with Gasteiger partial charge in [-0.15, -0.1) is 0 Å². The van der Waals surface area contributed by atoms with Crippen LogP contribution in [-0.2, 0) is 5.41 Å². The lowest BCUT2D eigenvalue weighted by Gasteiger charge is -2.33. The summed E-state index contributed by atoms with van der Waals surface area (Å²) in [7, 11) is 0. The Kier molecular flexibility index (Phi) is 5.01. The van der Waals surface area contributed by atoms with Gasteiger partial charge in [-0.05, 0) is 29.8 Å². The second kappa shape index (κ2) is 7.49. The monoisotopic (exact) mass is 389 g/mol. The van der Waals surface area contributed by atoms with E-state index in [0.717, 1.165) is 42.9 Å². The van der Waals surface area contributed by atoms with Gasteiger partial charge < -0.3 is 15.5 Å². The molecule has 2 aliphatic heterocycles. The van der Waals surface area contributed by atoms with Gasteiger partial charge in [0.2, 0.25) is 0 Å². The van der Waals surface area contributed by atoms with Crippen LogP contribution in [-0.4, -0.2) is 43.5 Å². The third-order valence-corrected chi connectivity index (χ3v) is 6.08. The van der Waals surface area contributed by atoms with Gasteiger partial charge in [0.15, 0.2) is 5.78 Å². The molecule has 0 saturated carbocycles. The van der Waals surface area contributed by atoms with Crippen LogP contribution in [0.4, 0.5) is 11.5 Å². The zero-order valence-electron chi connectivity index (χ0n) is 17.2. The summed E-state index contributed by atoms with van der Waals surface area (Å²) >= 11 is 0. The maximum Gasteiger partial charge on any atom is 0.170 e. The number of carbonyl (C=O) groups excluding carboxylic acids is 1. The van der Waals surface area contributed by atoms with Crippen LogP contribution in [0.15, 0.2) is 30.3 Å². The van der Waals surface area contributed by atoms with E-state index in [2.05, 4.69) is 52.6 Å². The zero-order valence-corrected chi connectivity index (χ0v) is 17.2. The molecular weight excluding hydrogens is 362 g/mol. The Morgan fingerprint density at radius 1 is 1.21 bits per heavy atom. The Bertz CT molecular complexity index is 985. The largest absolute Gasteiger partial charge is 0.369 e. The number of benzene rings is 1. The quantitative estimate of drug-likeness (QED) is 0.780. The molecule has 1 fully saturated rings. The number of carbonyl (C=O) groups is 1. The lowest BCUT2D eigenvalue weighted by molar-refractivity contribution is 0.0964. The van der Waals surface area contributed by atoms with E-state index in [-0.39, 0.29) is 17.1 Å². The molecule has 1 atom stereocenters. The molecule has 1 aromatic heterocycles. The Balaban J connectivity index is 1.80. The minimum absolute atomic E-state index is 0.0939. The summed E-state index contributed by atoms with van der Waals surface area (Å²) in [4.78, 5) is 20.3. The minimum atomic E-state index is -0.338. The summed E-state index contributed by atoms with van der Waals surface area (Å²) in [5.74, 6) is 0.389. The predicted octanol–water partition coefficient (Wildman–Crippen LogP) is 3.05. The smallest absolute Gasteiger partial charge is 0.170 e. The van der Waals surface area contributed by atoms with Crippen molar-refractivity contribution in [3.05, 3.63) is 52.7 Å². The number of anilines is 2. The number of nitrogens with zero attached hydrogens (tertiary/aromatic N) is 3. The first-order valence-electron chi connectivity index (χ1n) is 10.2. The number of Topliss-reactive ketones (excluding diaryl/α,β-unsaturated/α-hetero) is 1. The van der Waals surface area contributed by atoms with E-state index in [1.54, 1.807) is 6.07 Å². The van der Waals surface area contributed by atoms with Crippen molar-refractivity contribution in [2.75, 3.05) is 42.9 Å². The second-order valence-electron chi connectivity index (χ2n) is 8.54. The summed E-state index contributed by atoms with van der Waals surface area (Å²) in [5, 5.41) is 16.0. The molecule has 2 aromatic rings. The van der Waals surface area contributed by atoms with E-state index < -0.39 is 0 Å². The Morgan fingerprint density at radius 3 is 2.69 bits per heavy atom. The Hall–Kier alpha value is -2.91. The summed E-state index contributed by atoms with van der Waals surface area (Å²) in [5.41, 5.74) is 3.92. The van der Waals surface area contributed by atoms with E-state index in [4.69, 9.17) is 0 Å². The topological polar surface area (TPSA) is 81.1 Å². The SMILES string of the molecule is CC1C(=O)c2ccc(N3CCNCC3)cc2C(C)(C)CNc2nc(C#N)ccc21. The van der Waals surface area contributed by atoms with Crippen molar-refractivity contribution in [3.8, 4) is 6.07 Å². The van der Waals surface area contributed by atoms with Crippen LogP contribution < -0.4 is 15.5 Å². The van der Waals surface area contributed by atoms with E-state index in [9.17, 15) is 10.1 Å². The van der Waals surface area contributed by atoms with Crippen LogP contribution in [0.2, 0.25) is 0 Å². The van der Waals surface area contributed by atoms with E-state index >= 15 is 0 Å². The highest BCUT2D eigenvalue weighted by atomic mass is 16.1. The first-order chi connectivity index (χ1) is 13.9. The maximum absolute atomic E-state index is 13.5. The molecule has 1 aromatic carbocycles. The number of fused-ring (bicyclic) bond motifs is 2. The lowest BCUT2D eigenvalue weighted by Crippen LogP contribution is -2.43. The molecular formula is C23H27N5O. The van der Waals surface area contributed by atoms with E-state index in [0.29, 0.717) is 18.1 Å². The average Bonchev–Trinajstić information content (AvgIpc) is 2.78. The van der Waals surface area contributed by atoms with Gasteiger partial charge in [-0.25, -0.2) is 4.98 Å². The first kappa shape index (κ1) is 19.4. The zero-order chi connectivity index (χ0) is 20.6. The number of hydrogen-bond acceptors (Lipinski definition) is 6. The summed E-state index contributed by atoms with van der Waals surface area (Å²) in [6.07, 6.45) is 0. The molecule has 6 nitrogen and oxygen atoms in total. The van der Waals surface area contributed by atoms with Crippen molar-refractivity contribution in [1.29, 1.82) is 5.26 Å². The van der Waals surface area contributed by atoms with Crippen LogP contribution in [0, 0.1) is 11.3 Å². The number of rotatable bonds is 1. The van der Waals surface area contributed by atoms with Gasteiger partial charge in [0.05, 0.1) is 0 Å². The first-order valence-corrected chi connectivity index (χ1v) is 10.2. The van der Waals surface area contributed by atoms with Crippen LogP contribution in [0.25, 0.3) is 0 Å². The number of pyridine rings is 1. The molecule has 150 valence electrons. The van der Waals surface area contributed by atoms with Gasteiger partial charge >= 0.3 is 0 Å². The Morgan fingerprint density at radius 2 is 1.97 bits per heavy atom. The van der Waals surface area contributed by atoms with Crippen LogP contribution in [0.3, 0.4) is 0 Å². The van der Waals surface area contributed by atoms with Crippen molar-refractivity contribution >= 4 is 17.3 Å². The molecule has 2 aliphatic rings. The van der Waals surface area contributed by atoms with Crippen LogP contribution in [0.1, 0.15) is 53.9 Å². The molecule has 0 aliphatic carbocycles. The van der Waals surface area contributed by atoms with Crippen LogP contribution >= 0.6 is 0 Å². The molecule has 6 heteroatoms. The number of piperazine rings is 1. The average molecular weight is 390 g/mol. The molecule has 0 bridgehead atoms. The lowest BCUT2D eigenvalue weighted by atomic mass is 9.79. The van der Waals surface area contributed by atoms with Gasteiger partial charge in [0.25, 0.3) is 0 Å². The third-order valence-electron chi connectivity index (χ3n) is 6.08. The van der Waals surface area contributed by atoms with Gasteiger partial charge in [0, 0.05) is 60.9 Å². The molecule has 29 heavy (non-hydrogen) atoms. The highest BCUT2D eigenvalue weighted by molar-refractivity contribution is 6.03. The van der Waals surface area contributed by atoms with Gasteiger partial charge in [-0.3, -0.25) is 4.79 Å². The molecule has 0 spiro atoms. The summed E-state index contributed by atoms with van der Waals surface area (Å²) in [6, 6.07) is 11.9. The molecule has 0 amide bonds. The summed E-state index contributed by atoms with van der Waals surface area (Å²) < 4.78 is 0. The fourth-order valence-electron chi connectivity index (χ4n) is 4.22.